The quantitative estimate of drug-likeness (QED) is 0.650. The monoisotopic (exact) mass is 386 g/mol. The van der Waals surface area contributed by atoms with Gasteiger partial charge in [0.05, 0.1) is 19.9 Å². The van der Waals surface area contributed by atoms with Gasteiger partial charge in [0.25, 0.3) is 5.56 Å². The Morgan fingerprint density at radius 3 is 2.54 bits per heavy atom. The number of hydrogen-bond donors (Lipinski definition) is 0. The number of aryl methyl sites for hydroxylation is 1. The zero-order valence-electron chi connectivity index (χ0n) is 17.3. The highest BCUT2D eigenvalue weighted by Crippen LogP contribution is 2.29. The summed E-state index contributed by atoms with van der Waals surface area (Å²) in [4.78, 5) is 22.2. The van der Waals surface area contributed by atoms with E-state index in [0.717, 1.165) is 35.7 Å². The molecule has 0 fully saturated rings. The number of fused-ring (bicyclic) bond motifs is 1. The molecule has 2 heterocycles. The average molecular weight is 386 g/mol. The van der Waals surface area contributed by atoms with Gasteiger partial charge in [-0.2, -0.15) is 0 Å². The van der Waals surface area contributed by atoms with Gasteiger partial charge in [-0.15, -0.1) is 0 Å². The van der Waals surface area contributed by atoms with Gasteiger partial charge in [-0.1, -0.05) is 6.92 Å². The number of benzene rings is 1. The number of aromatic nitrogens is 2. The van der Waals surface area contributed by atoms with E-state index in [1.165, 1.54) is 0 Å². The van der Waals surface area contributed by atoms with Crippen molar-refractivity contribution in [3.05, 3.63) is 45.9 Å². The van der Waals surface area contributed by atoms with Crippen LogP contribution in [-0.4, -0.2) is 48.0 Å². The molecule has 0 bridgehead atoms. The van der Waals surface area contributed by atoms with Gasteiger partial charge >= 0.3 is 0 Å². The number of nitrogens with zero attached hydrogens (tertiary/aromatic N) is 4. The third-order valence-corrected chi connectivity index (χ3v) is 5.01. The molecule has 1 aliphatic rings. The predicted molar refractivity (Wildman–Crippen MR) is 110 cm³/mol. The van der Waals surface area contributed by atoms with E-state index in [9.17, 15) is 4.79 Å². The fourth-order valence-corrected chi connectivity index (χ4v) is 3.59. The number of rotatable bonds is 8. The molecule has 0 N–H and O–H groups in total. The summed E-state index contributed by atoms with van der Waals surface area (Å²) in [7, 11) is 1.71. The Balaban J connectivity index is 1.99. The maximum absolute atomic E-state index is 13.1. The van der Waals surface area contributed by atoms with Crippen LogP contribution in [0.25, 0.3) is 0 Å². The van der Waals surface area contributed by atoms with Crippen LogP contribution in [0.5, 0.6) is 5.75 Å². The van der Waals surface area contributed by atoms with Crippen LogP contribution in [0, 0.1) is 6.92 Å². The Bertz CT molecular complexity index is 848. The lowest BCUT2D eigenvalue weighted by molar-refractivity contribution is 0.150. The summed E-state index contributed by atoms with van der Waals surface area (Å²) in [6.45, 7) is 9.30. The summed E-state index contributed by atoms with van der Waals surface area (Å²) in [5.41, 5.74) is 2.64. The zero-order chi connectivity index (χ0) is 20.1. The smallest absolute Gasteiger partial charge is 0.259 e. The van der Waals surface area contributed by atoms with E-state index in [4.69, 9.17) is 14.5 Å². The Morgan fingerprint density at radius 2 is 1.89 bits per heavy atom. The molecule has 7 heteroatoms. The standard InChI is InChI=1S/C21H30N4O3/c1-5-19-16(3)22-21-24(17-8-10-18(11-9-17)28-6-2)14-23(12-7-13-27-4)15-25(21)20(19)26/h8-11H,5-7,12-15H2,1-4H3. The zero-order valence-corrected chi connectivity index (χ0v) is 17.3. The molecule has 1 aromatic carbocycles. The molecule has 0 saturated carbocycles. The summed E-state index contributed by atoms with van der Waals surface area (Å²) >= 11 is 0. The van der Waals surface area contributed by atoms with Crippen LogP contribution in [0.3, 0.4) is 0 Å². The SMILES string of the molecule is CCOc1ccc(N2CN(CCCOC)Cn3c2nc(C)c(CC)c3=O)cc1. The second-order valence-electron chi connectivity index (χ2n) is 6.94. The highest BCUT2D eigenvalue weighted by molar-refractivity contribution is 5.59. The summed E-state index contributed by atoms with van der Waals surface area (Å²) < 4.78 is 12.5. The fourth-order valence-electron chi connectivity index (χ4n) is 3.59. The molecule has 1 aliphatic heterocycles. The van der Waals surface area contributed by atoms with Crippen LogP contribution < -0.4 is 15.2 Å². The van der Waals surface area contributed by atoms with Crippen molar-refractivity contribution < 1.29 is 9.47 Å². The Hall–Kier alpha value is -2.38. The maximum Gasteiger partial charge on any atom is 0.259 e. The van der Waals surface area contributed by atoms with E-state index in [2.05, 4.69) is 9.80 Å². The molecular formula is C21H30N4O3. The molecule has 28 heavy (non-hydrogen) atoms. The number of methoxy groups -OCH3 is 1. The van der Waals surface area contributed by atoms with Crippen molar-refractivity contribution in [3.8, 4) is 5.75 Å². The minimum Gasteiger partial charge on any atom is -0.494 e. The van der Waals surface area contributed by atoms with Crippen molar-refractivity contribution in [1.82, 2.24) is 14.5 Å². The van der Waals surface area contributed by atoms with Gasteiger partial charge in [0, 0.05) is 37.2 Å². The van der Waals surface area contributed by atoms with Gasteiger partial charge in [0.2, 0.25) is 5.95 Å². The van der Waals surface area contributed by atoms with Crippen molar-refractivity contribution >= 4 is 11.6 Å². The minimum absolute atomic E-state index is 0.0531. The van der Waals surface area contributed by atoms with Crippen LogP contribution in [-0.2, 0) is 17.8 Å². The fraction of sp³-hybridized carbons (Fsp3) is 0.524. The van der Waals surface area contributed by atoms with Gasteiger partial charge in [-0.05, 0) is 51.0 Å². The van der Waals surface area contributed by atoms with E-state index >= 15 is 0 Å². The first-order valence-electron chi connectivity index (χ1n) is 9.91. The number of anilines is 2. The first-order chi connectivity index (χ1) is 13.6. The predicted octanol–water partition coefficient (Wildman–Crippen LogP) is 2.92. The lowest BCUT2D eigenvalue weighted by atomic mass is 10.2. The minimum atomic E-state index is 0.0531. The molecular weight excluding hydrogens is 356 g/mol. The lowest BCUT2D eigenvalue weighted by Crippen LogP contribution is -2.48. The molecule has 3 rings (SSSR count). The molecule has 2 aromatic rings. The van der Waals surface area contributed by atoms with Crippen molar-refractivity contribution in [2.24, 2.45) is 0 Å². The Morgan fingerprint density at radius 1 is 1.14 bits per heavy atom. The van der Waals surface area contributed by atoms with E-state index in [1.807, 2.05) is 45.0 Å². The third-order valence-electron chi connectivity index (χ3n) is 5.01. The van der Waals surface area contributed by atoms with Gasteiger partial charge < -0.3 is 9.47 Å². The van der Waals surface area contributed by atoms with Crippen molar-refractivity contribution in [2.45, 2.75) is 40.3 Å². The third kappa shape index (κ3) is 4.20. The normalized spacial score (nSPS) is 14.2. The van der Waals surface area contributed by atoms with E-state index in [-0.39, 0.29) is 5.56 Å². The van der Waals surface area contributed by atoms with Gasteiger partial charge in [-0.25, -0.2) is 4.98 Å². The summed E-state index contributed by atoms with van der Waals surface area (Å²) in [6.07, 6.45) is 1.60. The first kappa shape index (κ1) is 20.4. The summed E-state index contributed by atoms with van der Waals surface area (Å²) in [5.74, 6) is 1.54. The first-order valence-corrected chi connectivity index (χ1v) is 9.91. The second-order valence-corrected chi connectivity index (χ2v) is 6.94. The van der Waals surface area contributed by atoms with Crippen LogP contribution in [0.2, 0.25) is 0 Å². The van der Waals surface area contributed by atoms with Crippen molar-refractivity contribution in [2.75, 3.05) is 38.4 Å². The van der Waals surface area contributed by atoms with Crippen LogP contribution in [0.1, 0.15) is 31.5 Å². The van der Waals surface area contributed by atoms with E-state index in [0.29, 0.717) is 38.9 Å². The van der Waals surface area contributed by atoms with Crippen LogP contribution in [0.4, 0.5) is 11.6 Å². The van der Waals surface area contributed by atoms with Gasteiger partial charge in [0.15, 0.2) is 0 Å². The van der Waals surface area contributed by atoms with E-state index < -0.39 is 0 Å². The molecule has 0 atom stereocenters. The van der Waals surface area contributed by atoms with Gasteiger partial charge in [0.1, 0.15) is 5.75 Å². The van der Waals surface area contributed by atoms with E-state index in [1.54, 1.807) is 11.7 Å². The van der Waals surface area contributed by atoms with Crippen LogP contribution in [0.15, 0.2) is 29.1 Å². The van der Waals surface area contributed by atoms with Crippen LogP contribution >= 0.6 is 0 Å². The number of ether oxygens (including phenoxy) is 2. The molecule has 0 amide bonds. The highest BCUT2D eigenvalue weighted by Gasteiger charge is 2.27. The molecule has 152 valence electrons. The lowest BCUT2D eigenvalue weighted by Gasteiger charge is -2.38. The topological polar surface area (TPSA) is 59.8 Å². The van der Waals surface area contributed by atoms with Crippen molar-refractivity contribution in [3.63, 3.8) is 0 Å². The largest absolute Gasteiger partial charge is 0.494 e. The summed E-state index contributed by atoms with van der Waals surface area (Å²) in [5, 5.41) is 0. The molecule has 0 radical (unpaired) electrons. The highest BCUT2D eigenvalue weighted by atomic mass is 16.5. The average Bonchev–Trinajstić information content (AvgIpc) is 2.69. The molecule has 0 spiro atoms. The Labute approximate surface area is 166 Å². The number of hydrogen-bond acceptors (Lipinski definition) is 6. The van der Waals surface area contributed by atoms with Gasteiger partial charge in [-0.3, -0.25) is 19.2 Å². The second kappa shape index (κ2) is 9.21. The van der Waals surface area contributed by atoms with Crippen molar-refractivity contribution in [1.29, 1.82) is 0 Å². The molecule has 0 unspecified atom stereocenters. The molecule has 7 nitrogen and oxygen atoms in total. The molecule has 1 aromatic heterocycles. The maximum atomic E-state index is 13.1. The Kier molecular flexibility index (Phi) is 6.70. The molecule has 0 saturated heterocycles. The molecule has 0 aliphatic carbocycles. The summed E-state index contributed by atoms with van der Waals surface area (Å²) in [6, 6.07) is 7.95.